The summed E-state index contributed by atoms with van der Waals surface area (Å²) in [5.74, 6) is 1.11. The molecule has 0 bridgehead atoms. The molecule has 0 saturated carbocycles. The van der Waals surface area contributed by atoms with E-state index < -0.39 is 5.91 Å². The number of carbonyl (C=O) groups is 2. The van der Waals surface area contributed by atoms with Gasteiger partial charge in [-0.3, -0.25) is 9.59 Å². The van der Waals surface area contributed by atoms with Gasteiger partial charge in [0.05, 0.1) is 6.67 Å². The highest BCUT2D eigenvalue weighted by Crippen LogP contribution is 2.29. The lowest BCUT2D eigenvalue weighted by atomic mass is 10.4. The van der Waals surface area contributed by atoms with E-state index in [4.69, 9.17) is 81.7 Å². The Balaban J connectivity index is 0.000000291. The molecule has 5 N–H and O–H groups in total. The molecule has 2 saturated heterocycles. The van der Waals surface area contributed by atoms with Gasteiger partial charge in [-0.1, -0.05) is 94.4 Å². The number of nitrogens with two attached hydrogens (primary N) is 1. The summed E-state index contributed by atoms with van der Waals surface area (Å²) in [6.07, 6.45) is 0. The summed E-state index contributed by atoms with van der Waals surface area (Å²) >= 11 is 37.6. The van der Waals surface area contributed by atoms with Crippen LogP contribution in [0.4, 0.5) is 0 Å². The molecule has 0 radical (unpaired) electrons. The molecule has 10 nitrogen and oxygen atoms in total. The predicted octanol–water partition coefficient (Wildman–Crippen LogP) is 4.11. The van der Waals surface area contributed by atoms with Gasteiger partial charge in [0.15, 0.2) is 10.3 Å². The first-order chi connectivity index (χ1) is 16.6. The molecule has 2 aliphatic rings. The fourth-order valence-corrected chi connectivity index (χ4v) is 6.83. The van der Waals surface area contributed by atoms with E-state index in [0.717, 1.165) is 56.3 Å². The molecule has 2 amide bonds. The van der Waals surface area contributed by atoms with Crippen LogP contribution in [-0.2, 0) is 0 Å². The fourth-order valence-electron chi connectivity index (χ4n) is 2.18. The molecule has 200 valence electrons. The van der Waals surface area contributed by atoms with Crippen LogP contribution in [0.15, 0.2) is 0 Å². The summed E-state index contributed by atoms with van der Waals surface area (Å²) in [7, 11) is 0. The third-order valence-corrected chi connectivity index (χ3v) is 10.5. The maximum absolute atomic E-state index is 11.8. The lowest BCUT2D eigenvalue weighted by Crippen LogP contribution is -2.37. The van der Waals surface area contributed by atoms with Crippen LogP contribution in [0.1, 0.15) is 19.3 Å². The van der Waals surface area contributed by atoms with Crippen LogP contribution in [0.5, 0.6) is 0 Å². The first kappa shape index (κ1) is 33.8. The zero-order valence-corrected chi connectivity index (χ0v) is 25.7. The second-order valence-electron chi connectivity index (χ2n) is 6.16. The number of nitrogens with zero attached hydrogens (tertiary/aromatic N) is 4. The minimum absolute atomic E-state index is 0. The molecule has 2 aliphatic heterocycles. The van der Waals surface area contributed by atoms with Crippen molar-refractivity contribution in [1.82, 2.24) is 23.9 Å². The highest BCUT2D eigenvalue weighted by molar-refractivity contribution is 8.23. The molecule has 4 heterocycles. The van der Waals surface area contributed by atoms with Gasteiger partial charge in [-0.2, -0.15) is 8.75 Å². The van der Waals surface area contributed by atoms with E-state index >= 15 is 0 Å². The Hall–Kier alpha value is -0.240. The molecule has 2 fully saturated rings. The molecule has 0 unspecified atom stereocenters. The van der Waals surface area contributed by atoms with Gasteiger partial charge in [-0.15, -0.1) is 0 Å². The maximum atomic E-state index is 11.8. The van der Waals surface area contributed by atoms with E-state index in [0.29, 0.717) is 11.5 Å². The Morgan fingerprint density at radius 2 is 1.42 bits per heavy atom. The van der Waals surface area contributed by atoms with Crippen molar-refractivity contribution in [2.45, 2.75) is 0 Å². The van der Waals surface area contributed by atoms with Crippen molar-refractivity contribution in [2.75, 3.05) is 38.0 Å². The normalized spacial score (nSPS) is 14.5. The molecule has 2 aromatic rings. The van der Waals surface area contributed by atoms with Gasteiger partial charge < -0.3 is 31.4 Å². The number of thiocarbonyl (C=S) groups is 2. The zero-order valence-electron chi connectivity index (χ0n) is 17.8. The highest BCUT2D eigenvalue weighted by Gasteiger charge is 2.21. The molecule has 20 heteroatoms. The zero-order chi connectivity index (χ0) is 26.1. The van der Waals surface area contributed by atoms with Crippen molar-refractivity contribution in [3.05, 3.63) is 30.1 Å². The molecular weight excluding hydrogens is 674 g/mol. The molecule has 2 aromatic heterocycles. The van der Waals surface area contributed by atoms with Crippen LogP contribution >= 0.6 is 117 Å². The van der Waals surface area contributed by atoms with Gasteiger partial charge in [0.25, 0.3) is 11.8 Å². The SMILES string of the molecule is NC(=O)c1snc(Cl)c1Cl.O=C(NCN1CCSC1=S)c1snc(Cl)c1Cl.OCN1CCSC1=S.[OH-]. The van der Waals surface area contributed by atoms with E-state index in [-0.39, 0.29) is 43.3 Å². The monoisotopic (exact) mass is 689 g/mol. The largest absolute Gasteiger partial charge is 0.870 e. The number of primary amides is 1. The number of nitrogens with one attached hydrogen (secondary N) is 1. The van der Waals surface area contributed by atoms with E-state index in [2.05, 4.69) is 14.1 Å². The molecular formula is C16H17Cl4N6O4S6-. The van der Waals surface area contributed by atoms with Crippen LogP contribution in [0.25, 0.3) is 0 Å². The van der Waals surface area contributed by atoms with Crippen molar-refractivity contribution in [1.29, 1.82) is 0 Å². The number of halogens is 4. The summed E-state index contributed by atoms with van der Waals surface area (Å²) in [5.41, 5.74) is 4.92. The first-order valence-electron chi connectivity index (χ1n) is 9.20. The molecule has 0 atom stereocenters. The molecule has 0 spiro atoms. The predicted molar refractivity (Wildman–Crippen MR) is 158 cm³/mol. The van der Waals surface area contributed by atoms with Gasteiger partial charge in [0.2, 0.25) is 0 Å². The van der Waals surface area contributed by atoms with E-state index in [1.54, 1.807) is 28.4 Å². The Morgan fingerprint density at radius 1 is 0.944 bits per heavy atom. The number of hydrogen-bond acceptors (Lipinski definition) is 12. The number of carbonyl (C=O) groups excluding carboxylic acids is 2. The topological polar surface area (TPSA) is 155 Å². The number of thioether (sulfide) groups is 2. The smallest absolute Gasteiger partial charge is 0.265 e. The van der Waals surface area contributed by atoms with Crippen molar-refractivity contribution in [2.24, 2.45) is 5.73 Å². The van der Waals surface area contributed by atoms with Crippen LogP contribution in [0.3, 0.4) is 0 Å². The Bertz CT molecular complexity index is 1090. The number of aliphatic hydroxyl groups is 1. The quantitative estimate of drug-likeness (QED) is 0.387. The average Bonchev–Trinajstić information content (AvgIpc) is 3.59. The van der Waals surface area contributed by atoms with Crippen LogP contribution in [0.2, 0.25) is 20.4 Å². The summed E-state index contributed by atoms with van der Waals surface area (Å²) in [6.45, 7) is 2.21. The van der Waals surface area contributed by atoms with Crippen LogP contribution in [-0.4, -0.2) is 87.6 Å². The van der Waals surface area contributed by atoms with E-state index in [1.807, 2.05) is 4.90 Å². The second-order valence-corrected chi connectivity index (χ2v) is 12.6. The molecule has 0 aliphatic carbocycles. The Morgan fingerprint density at radius 3 is 1.72 bits per heavy atom. The van der Waals surface area contributed by atoms with Crippen molar-refractivity contribution >= 4 is 138 Å². The van der Waals surface area contributed by atoms with E-state index in [1.165, 1.54) is 0 Å². The Labute approximate surface area is 253 Å². The molecule has 36 heavy (non-hydrogen) atoms. The van der Waals surface area contributed by atoms with Gasteiger partial charge in [-0.25, -0.2) is 0 Å². The summed E-state index contributed by atoms with van der Waals surface area (Å²) in [6, 6.07) is 0. The average molecular weight is 692 g/mol. The number of hydrogen-bond donors (Lipinski definition) is 3. The number of aliphatic hydroxyl groups excluding tert-OH is 1. The van der Waals surface area contributed by atoms with Crippen molar-refractivity contribution in [3.8, 4) is 0 Å². The third-order valence-electron chi connectivity index (χ3n) is 3.92. The molecule has 0 aromatic carbocycles. The summed E-state index contributed by atoms with van der Waals surface area (Å²) < 4.78 is 9.05. The Kier molecular flexibility index (Phi) is 15.6. The number of rotatable bonds is 5. The fraction of sp³-hybridized carbons (Fsp3) is 0.375. The first-order valence-corrected chi connectivity index (χ1v) is 15.0. The second kappa shape index (κ2) is 16.7. The van der Waals surface area contributed by atoms with Gasteiger partial charge >= 0.3 is 0 Å². The van der Waals surface area contributed by atoms with Crippen LogP contribution in [0, 0.1) is 0 Å². The lowest BCUT2D eigenvalue weighted by Gasteiger charge is -2.16. The van der Waals surface area contributed by atoms with Gasteiger partial charge in [0, 0.05) is 24.6 Å². The molecule has 4 rings (SSSR count). The minimum atomic E-state index is -0.602. The number of aromatic nitrogens is 2. The standard InChI is InChI=1S/C8H7Cl2N3OS3.C4H2Cl2N2OS.C4H7NOS2.H2O/c9-4-5(17-12-6(4)10)7(14)11-3-13-1-2-16-8(13)15;5-1-2(4(7)9)10-8-3(1)6;6-3-5-1-2-8-4(5)7;/h1-3H2,(H,11,14);(H2,7,9);6H,1-3H2;1H2/p-1. The van der Waals surface area contributed by atoms with Crippen molar-refractivity contribution < 1.29 is 20.2 Å². The third kappa shape index (κ3) is 9.81. The van der Waals surface area contributed by atoms with Gasteiger partial charge in [0.1, 0.15) is 35.2 Å². The summed E-state index contributed by atoms with van der Waals surface area (Å²) in [4.78, 5) is 26.5. The van der Waals surface area contributed by atoms with E-state index in [9.17, 15) is 9.59 Å². The van der Waals surface area contributed by atoms with Crippen molar-refractivity contribution in [3.63, 3.8) is 0 Å². The number of amides is 2. The maximum Gasteiger partial charge on any atom is 0.265 e. The highest BCUT2D eigenvalue weighted by atomic mass is 35.5. The minimum Gasteiger partial charge on any atom is -0.870 e. The summed E-state index contributed by atoms with van der Waals surface area (Å²) in [5, 5.41) is 11.9. The van der Waals surface area contributed by atoms with Crippen LogP contribution < -0.4 is 11.1 Å². The lowest BCUT2D eigenvalue weighted by molar-refractivity contribution is 0.0943. The van der Waals surface area contributed by atoms with Gasteiger partial charge in [-0.05, 0) is 23.1 Å².